The molecule has 0 saturated carbocycles. The van der Waals surface area contributed by atoms with Crippen LogP contribution in [0, 0.1) is 5.82 Å². The first-order valence-electron chi connectivity index (χ1n) is 7.03. The molecule has 2 atom stereocenters. The Morgan fingerprint density at radius 2 is 1.95 bits per heavy atom. The SMILES string of the molecule is C=CCN(CC=C)C1C(O)c2cc(F)ccc2OC1(C)C. The van der Waals surface area contributed by atoms with E-state index in [-0.39, 0.29) is 11.9 Å². The van der Waals surface area contributed by atoms with Gasteiger partial charge >= 0.3 is 0 Å². The maximum Gasteiger partial charge on any atom is 0.126 e. The van der Waals surface area contributed by atoms with Crippen molar-refractivity contribution in [1.29, 1.82) is 0 Å². The van der Waals surface area contributed by atoms with Crippen molar-refractivity contribution in [3.05, 3.63) is 54.9 Å². The Balaban J connectivity index is 2.44. The molecule has 0 aromatic heterocycles. The van der Waals surface area contributed by atoms with Gasteiger partial charge in [-0.3, -0.25) is 4.90 Å². The molecule has 0 radical (unpaired) electrons. The maximum atomic E-state index is 13.5. The summed E-state index contributed by atoms with van der Waals surface area (Å²) < 4.78 is 19.5. The van der Waals surface area contributed by atoms with Crippen LogP contribution in [0.1, 0.15) is 25.5 Å². The van der Waals surface area contributed by atoms with Crippen LogP contribution >= 0.6 is 0 Å². The third kappa shape index (κ3) is 3.01. The first kappa shape index (κ1) is 15.7. The van der Waals surface area contributed by atoms with Crippen molar-refractivity contribution in [2.75, 3.05) is 13.1 Å². The van der Waals surface area contributed by atoms with E-state index in [1.807, 2.05) is 18.7 Å². The zero-order chi connectivity index (χ0) is 15.6. The van der Waals surface area contributed by atoms with Gasteiger partial charge in [0.05, 0.1) is 6.04 Å². The number of benzene rings is 1. The molecule has 1 aromatic carbocycles. The van der Waals surface area contributed by atoms with Gasteiger partial charge in [0, 0.05) is 18.7 Å². The Bertz CT molecular complexity index is 532. The van der Waals surface area contributed by atoms with E-state index in [1.165, 1.54) is 12.1 Å². The largest absolute Gasteiger partial charge is 0.486 e. The van der Waals surface area contributed by atoms with Gasteiger partial charge in [0.15, 0.2) is 0 Å². The highest BCUT2D eigenvalue weighted by Crippen LogP contribution is 2.42. The maximum absolute atomic E-state index is 13.5. The topological polar surface area (TPSA) is 32.7 Å². The van der Waals surface area contributed by atoms with E-state index < -0.39 is 11.7 Å². The third-order valence-corrected chi connectivity index (χ3v) is 3.80. The lowest BCUT2D eigenvalue weighted by Crippen LogP contribution is -2.58. The van der Waals surface area contributed by atoms with Crippen molar-refractivity contribution in [2.45, 2.75) is 31.6 Å². The first-order valence-corrected chi connectivity index (χ1v) is 7.03. The smallest absolute Gasteiger partial charge is 0.126 e. The summed E-state index contributed by atoms with van der Waals surface area (Å²) in [5.74, 6) is 0.149. The van der Waals surface area contributed by atoms with Crippen LogP contribution in [0.15, 0.2) is 43.5 Å². The Hall–Kier alpha value is -1.65. The molecule has 3 nitrogen and oxygen atoms in total. The van der Waals surface area contributed by atoms with Crippen LogP contribution in [-0.4, -0.2) is 34.7 Å². The monoisotopic (exact) mass is 291 g/mol. The predicted octanol–water partition coefficient (Wildman–Crippen LogP) is 3.07. The number of halogens is 1. The highest BCUT2D eigenvalue weighted by Gasteiger charge is 2.45. The average molecular weight is 291 g/mol. The molecule has 1 heterocycles. The number of hydrogen-bond acceptors (Lipinski definition) is 3. The summed E-state index contributed by atoms with van der Waals surface area (Å²) in [5.41, 5.74) is -0.131. The summed E-state index contributed by atoms with van der Waals surface area (Å²) in [6.45, 7) is 12.5. The van der Waals surface area contributed by atoms with E-state index in [1.54, 1.807) is 18.2 Å². The highest BCUT2D eigenvalue weighted by molar-refractivity contribution is 5.40. The lowest BCUT2D eigenvalue weighted by Gasteiger charge is -2.47. The van der Waals surface area contributed by atoms with Crippen molar-refractivity contribution >= 4 is 0 Å². The summed E-state index contributed by atoms with van der Waals surface area (Å²) in [7, 11) is 0. The molecule has 0 fully saturated rings. The van der Waals surface area contributed by atoms with E-state index in [0.29, 0.717) is 24.4 Å². The highest BCUT2D eigenvalue weighted by atomic mass is 19.1. The van der Waals surface area contributed by atoms with Crippen LogP contribution in [0.3, 0.4) is 0 Å². The molecule has 21 heavy (non-hydrogen) atoms. The summed E-state index contributed by atoms with van der Waals surface area (Å²) in [5, 5.41) is 10.7. The minimum Gasteiger partial charge on any atom is -0.486 e. The van der Waals surface area contributed by atoms with Gasteiger partial charge in [-0.1, -0.05) is 12.2 Å². The molecule has 0 spiro atoms. The van der Waals surface area contributed by atoms with E-state index in [2.05, 4.69) is 13.2 Å². The molecule has 4 heteroatoms. The molecule has 0 aliphatic carbocycles. The zero-order valence-electron chi connectivity index (χ0n) is 12.6. The van der Waals surface area contributed by atoms with Gasteiger partial charge in [-0.05, 0) is 32.0 Å². The number of rotatable bonds is 5. The molecule has 2 unspecified atom stereocenters. The molecule has 2 rings (SSSR count). The van der Waals surface area contributed by atoms with Crippen LogP contribution < -0.4 is 4.74 Å². The number of nitrogens with zero attached hydrogens (tertiary/aromatic N) is 1. The van der Waals surface area contributed by atoms with Gasteiger partial charge in [-0.2, -0.15) is 0 Å². The van der Waals surface area contributed by atoms with Crippen LogP contribution in [0.5, 0.6) is 5.75 Å². The second kappa shape index (κ2) is 6.00. The van der Waals surface area contributed by atoms with Gasteiger partial charge < -0.3 is 9.84 Å². The van der Waals surface area contributed by atoms with Crippen molar-refractivity contribution in [3.8, 4) is 5.75 Å². The number of hydrogen-bond donors (Lipinski definition) is 1. The second-order valence-electron chi connectivity index (χ2n) is 5.81. The molecular weight excluding hydrogens is 269 g/mol. The summed E-state index contributed by atoms with van der Waals surface area (Å²) >= 11 is 0. The fraction of sp³-hybridized carbons (Fsp3) is 0.412. The summed E-state index contributed by atoms with van der Waals surface area (Å²) in [6.07, 6.45) is 2.71. The molecule has 1 aliphatic heterocycles. The minimum atomic E-state index is -0.834. The lowest BCUT2D eigenvalue weighted by atomic mass is 9.84. The quantitative estimate of drug-likeness (QED) is 0.846. The van der Waals surface area contributed by atoms with Crippen LogP contribution in [0.2, 0.25) is 0 Å². The molecule has 0 saturated heterocycles. The molecule has 1 aromatic rings. The molecule has 114 valence electrons. The van der Waals surface area contributed by atoms with Gasteiger partial charge in [-0.25, -0.2) is 4.39 Å². The van der Waals surface area contributed by atoms with E-state index in [4.69, 9.17) is 4.74 Å². The fourth-order valence-corrected chi connectivity index (χ4v) is 3.01. The Morgan fingerprint density at radius 1 is 1.33 bits per heavy atom. The molecule has 0 amide bonds. The number of aliphatic hydroxyl groups is 1. The Labute approximate surface area is 125 Å². The number of ether oxygens (including phenoxy) is 1. The van der Waals surface area contributed by atoms with Crippen LogP contribution in [0.25, 0.3) is 0 Å². The van der Waals surface area contributed by atoms with Crippen molar-refractivity contribution in [2.24, 2.45) is 0 Å². The van der Waals surface area contributed by atoms with Crippen molar-refractivity contribution in [1.82, 2.24) is 4.90 Å². The van der Waals surface area contributed by atoms with Crippen molar-refractivity contribution < 1.29 is 14.2 Å². The zero-order valence-corrected chi connectivity index (χ0v) is 12.6. The standard InChI is InChI=1S/C17H22FNO2/c1-5-9-19(10-6-2)16-15(20)13-11-12(18)7-8-14(13)21-17(16,3)4/h5-8,11,15-16,20H,1-2,9-10H2,3-4H3. The molecule has 1 N–H and O–H groups in total. The first-order chi connectivity index (χ1) is 9.90. The Morgan fingerprint density at radius 3 is 2.52 bits per heavy atom. The van der Waals surface area contributed by atoms with E-state index in [9.17, 15) is 9.50 Å². The lowest BCUT2D eigenvalue weighted by molar-refractivity contribution is -0.0762. The van der Waals surface area contributed by atoms with Gasteiger partial charge in [0.2, 0.25) is 0 Å². The molecule has 1 aliphatic rings. The number of aliphatic hydroxyl groups excluding tert-OH is 1. The third-order valence-electron chi connectivity index (χ3n) is 3.80. The van der Waals surface area contributed by atoms with E-state index in [0.717, 1.165) is 0 Å². The Kier molecular flexibility index (Phi) is 4.49. The van der Waals surface area contributed by atoms with E-state index >= 15 is 0 Å². The van der Waals surface area contributed by atoms with Gasteiger partial charge in [0.25, 0.3) is 0 Å². The second-order valence-corrected chi connectivity index (χ2v) is 5.81. The average Bonchev–Trinajstić information content (AvgIpc) is 2.40. The molecular formula is C17H22FNO2. The molecule has 0 bridgehead atoms. The predicted molar refractivity (Wildman–Crippen MR) is 81.8 cm³/mol. The number of fused-ring (bicyclic) bond motifs is 1. The van der Waals surface area contributed by atoms with Gasteiger partial charge in [-0.15, -0.1) is 13.2 Å². The van der Waals surface area contributed by atoms with Gasteiger partial charge in [0.1, 0.15) is 23.3 Å². The summed E-state index contributed by atoms with van der Waals surface area (Å²) in [6, 6.07) is 3.93. The van der Waals surface area contributed by atoms with Crippen LogP contribution in [-0.2, 0) is 0 Å². The minimum absolute atomic E-state index is 0.317. The van der Waals surface area contributed by atoms with Crippen molar-refractivity contribution in [3.63, 3.8) is 0 Å². The fourth-order valence-electron chi connectivity index (χ4n) is 3.01. The normalized spacial score (nSPS) is 23.3. The summed E-state index contributed by atoms with van der Waals surface area (Å²) in [4.78, 5) is 2.03. The van der Waals surface area contributed by atoms with Crippen LogP contribution in [0.4, 0.5) is 4.39 Å².